The fourth-order valence-electron chi connectivity index (χ4n) is 8.91. The van der Waals surface area contributed by atoms with Crippen molar-refractivity contribution in [3.8, 4) is 22.9 Å². The highest BCUT2D eigenvalue weighted by molar-refractivity contribution is 6.06. The Balaban J connectivity index is 1.05. The fraction of sp³-hybridized carbons (Fsp3) is 0.452. The predicted octanol–water partition coefficient (Wildman–Crippen LogP) is 5.34. The summed E-state index contributed by atoms with van der Waals surface area (Å²) in [6.45, 7) is 17.7. The normalized spacial score (nSPS) is 19.9. The van der Waals surface area contributed by atoms with Gasteiger partial charge in [-0.05, 0) is 80.9 Å². The first-order valence-corrected chi connectivity index (χ1v) is 19.3. The van der Waals surface area contributed by atoms with Crippen LogP contribution in [-0.4, -0.2) is 87.3 Å². The molecular weight excluding hydrogens is 697 g/mol. The van der Waals surface area contributed by atoms with Gasteiger partial charge in [0, 0.05) is 100 Å². The number of carbonyl (C=O) groups is 2. The molecule has 4 aromatic rings. The van der Waals surface area contributed by atoms with Gasteiger partial charge in [0.15, 0.2) is 0 Å². The van der Waals surface area contributed by atoms with E-state index in [9.17, 15) is 14.4 Å². The number of ether oxygens (including phenoxy) is 2. The van der Waals surface area contributed by atoms with Gasteiger partial charge in [0.25, 0.3) is 11.8 Å². The zero-order valence-electron chi connectivity index (χ0n) is 32.4. The molecule has 1 aromatic carbocycles. The molecular formula is C42H50N8O5. The van der Waals surface area contributed by atoms with Crippen LogP contribution in [0.15, 0.2) is 60.2 Å². The van der Waals surface area contributed by atoms with E-state index in [0.717, 1.165) is 75.3 Å². The summed E-state index contributed by atoms with van der Waals surface area (Å²) in [5, 5.41) is 2.96. The molecule has 55 heavy (non-hydrogen) atoms. The molecule has 6 heterocycles. The van der Waals surface area contributed by atoms with Crippen LogP contribution in [-0.2, 0) is 36.0 Å². The first kappa shape index (κ1) is 36.7. The maximum absolute atomic E-state index is 13.9. The third-order valence-corrected chi connectivity index (χ3v) is 11.7. The van der Waals surface area contributed by atoms with Crippen LogP contribution in [0.1, 0.15) is 60.9 Å². The molecule has 288 valence electrons. The second kappa shape index (κ2) is 14.4. The van der Waals surface area contributed by atoms with Crippen molar-refractivity contribution < 1.29 is 19.1 Å². The molecule has 0 unspecified atom stereocenters. The lowest BCUT2D eigenvalue weighted by Crippen LogP contribution is -2.56. The summed E-state index contributed by atoms with van der Waals surface area (Å²) >= 11 is 0. The smallest absolute Gasteiger partial charge is 0.313 e. The summed E-state index contributed by atoms with van der Waals surface area (Å²) in [4.78, 5) is 56.0. The number of pyridine rings is 1. The van der Waals surface area contributed by atoms with Gasteiger partial charge in [0.1, 0.15) is 17.3 Å². The summed E-state index contributed by atoms with van der Waals surface area (Å²) < 4.78 is 15.4. The van der Waals surface area contributed by atoms with Gasteiger partial charge in [-0.25, -0.2) is 9.97 Å². The molecule has 3 aromatic heterocycles. The highest BCUT2D eigenvalue weighted by Crippen LogP contribution is 2.40. The highest BCUT2D eigenvalue weighted by atomic mass is 16.5. The van der Waals surface area contributed by atoms with Gasteiger partial charge in [0.05, 0.1) is 17.1 Å². The molecule has 2 amide bonds. The summed E-state index contributed by atoms with van der Waals surface area (Å²) in [5.74, 6) is 0.383. The third kappa shape index (κ3) is 6.95. The van der Waals surface area contributed by atoms with Crippen molar-refractivity contribution in [3.05, 3.63) is 88.2 Å². The lowest BCUT2D eigenvalue weighted by molar-refractivity contribution is -0.111. The molecule has 4 aliphatic rings. The van der Waals surface area contributed by atoms with Crippen LogP contribution in [0.25, 0.3) is 11.3 Å². The van der Waals surface area contributed by atoms with Gasteiger partial charge < -0.3 is 28.8 Å². The van der Waals surface area contributed by atoms with Gasteiger partial charge in [-0.1, -0.05) is 20.4 Å². The van der Waals surface area contributed by atoms with Gasteiger partial charge in [-0.2, -0.15) is 0 Å². The van der Waals surface area contributed by atoms with Crippen LogP contribution >= 0.6 is 0 Å². The molecule has 0 bridgehead atoms. The Morgan fingerprint density at radius 3 is 2.64 bits per heavy atom. The van der Waals surface area contributed by atoms with Crippen LogP contribution in [0.2, 0.25) is 0 Å². The fourth-order valence-corrected chi connectivity index (χ4v) is 8.91. The van der Waals surface area contributed by atoms with Crippen molar-refractivity contribution in [2.45, 2.75) is 72.0 Å². The summed E-state index contributed by atoms with van der Waals surface area (Å²) in [7, 11) is 1.65. The molecule has 0 spiro atoms. The highest BCUT2D eigenvalue weighted by Gasteiger charge is 2.37. The Labute approximate surface area is 321 Å². The van der Waals surface area contributed by atoms with Crippen LogP contribution in [0.3, 0.4) is 0 Å². The summed E-state index contributed by atoms with van der Waals surface area (Å²) in [6, 6.07) is 10.1. The van der Waals surface area contributed by atoms with E-state index >= 15 is 0 Å². The van der Waals surface area contributed by atoms with Crippen molar-refractivity contribution >= 4 is 29.0 Å². The molecule has 0 radical (unpaired) electrons. The van der Waals surface area contributed by atoms with E-state index in [1.807, 2.05) is 19.1 Å². The van der Waals surface area contributed by atoms with E-state index in [1.165, 1.54) is 21.9 Å². The first-order chi connectivity index (χ1) is 26.4. The molecule has 2 fully saturated rings. The molecule has 8 rings (SSSR count). The molecule has 1 atom stereocenters. The lowest BCUT2D eigenvalue weighted by Gasteiger charge is -2.45. The average molecular weight is 747 g/mol. The Bertz CT molecular complexity index is 2230. The predicted molar refractivity (Wildman–Crippen MR) is 212 cm³/mol. The molecule has 0 saturated carbocycles. The minimum atomic E-state index is -0.419. The Kier molecular flexibility index (Phi) is 9.62. The molecule has 1 N–H and O–H groups in total. The van der Waals surface area contributed by atoms with Crippen LogP contribution in [0, 0.1) is 12.3 Å². The third-order valence-electron chi connectivity index (χ3n) is 11.7. The number of fused-ring (bicyclic) bond motifs is 3. The average Bonchev–Trinajstić information content (AvgIpc) is 3.66. The first-order valence-electron chi connectivity index (χ1n) is 19.3. The maximum atomic E-state index is 13.9. The number of anilines is 3. The number of nitrogens with one attached hydrogen (secondary N) is 1. The van der Waals surface area contributed by atoms with Crippen LogP contribution in [0.5, 0.6) is 11.6 Å². The number of hydrogen-bond acceptors (Lipinski definition) is 9. The number of nitrogens with zero attached hydrogens (tertiary/aromatic N) is 7. The van der Waals surface area contributed by atoms with Gasteiger partial charge in [-0.3, -0.25) is 24.2 Å². The van der Waals surface area contributed by atoms with Gasteiger partial charge >= 0.3 is 5.56 Å². The molecule has 13 heteroatoms. The lowest BCUT2D eigenvalue weighted by atomic mass is 9.90. The number of carbonyl (C=O) groups excluding carboxylic acids is 2. The number of piperazine rings is 1. The molecule has 2 saturated heterocycles. The zero-order chi connectivity index (χ0) is 38.6. The van der Waals surface area contributed by atoms with E-state index in [1.54, 1.807) is 36.5 Å². The number of rotatable bonds is 8. The summed E-state index contributed by atoms with van der Waals surface area (Å²) in [5.41, 5.74) is 6.45. The number of aromatic nitrogens is 4. The van der Waals surface area contributed by atoms with Gasteiger partial charge in [0.2, 0.25) is 5.91 Å². The number of hydrogen-bond donors (Lipinski definition) is 1. The number of aryl methyl sites for hydroxylation is 1. The molecule has 3 aliphatic heterocycles. The van der Waals surface area contributed by atoms with Crippen molar-refractivity contribution in [1.29, 1.82) is 0 Å². The largest absolute Gasteiger partial charge is 0.435 e. The monoisotopic (exact) mass is 746 g/mol. The zero-order valence-corrected chi connectivity index (χ0v) is 32.4. The number of benzene rings is 1. The van der Waals surface area contributed by atoms with E-state index < -0.39 is 5.56 Å². The van der Waals surface area contributed by atoms with Crippen molar-refractivity contribution in [1.82, 2.24) is 24.0 Å². The minimum absolute atomic E-state index is 0.0676. The second-order valence-corrected chi connectivity index (χ2v) is 16.1. The molecule has 1 aliphatic carbocycles. The maximum Gasteiger partial charge on any atom is 0.313 e. The number of amides is 2. The van der Waals surface area contributed by atoms with Crippen LogP contribution < -0.4 is 25.4 Å². The molecule has 13 nitrogen and oxygen atoms in total. The Morgan fingerprint density at radius 1 is 1.07 bits per heavy atom. The van der Waals surface area contributed by atoms with Crippen LogP contribution in [0.4, 0.5) is 17.2 Å². The van der Waals surface area contributed by atoms with E-state index in [-0.39, 0.29) is 29.2 Å². The Morgan fingerprint density at radius 2 is 1.87 bits per heavy atom. The van der Waals surface area contributed by atoms with E-state index in [0.29, 0.717) is 47.8 Å². The van der Waals surface area contributed by atoms with Crippen molar-refractivity contribution in [2.24, 2.45) is 12.5 Å². The van der Waals surface area contributed by atoms with E-state index in [2.05, 4.69) is 58.1 Å². The van der Waals surface area contributed by atoms with Crippen molar-refractivity contribution in [3.63, 3.8) is 0 Å². The van der Waals surface area contributed by atoms with E-state index in [4.69, 9.17) is 14.5 Å². The summed E-state index contributed by atoms with van der Waals surface area (Å²) in [6.07, 6.45) is 8.59. The standard InChI is InChI=1S/C42H50N8O5/c1-7-37(51)44-32-21-30(8-9-34(32)48-15-14-47(24-26(48)2)29-11-18-54-19-12-29)55-39-41(53)46(6)25-33(45-39)31-10-13-43-38(27(31)3)50-17-16-49-35(40(50)52)20-28-22-42(4,5)23-36(28)49/h7-10,13,20-21,25-26,29H,1,11-12,14-19,22-24H2,2-6H3,(H,44,51)/t26-/m0/s1. The SMILES string of the molecule is C=CC(=O)Nc1cc(Oc2nc(-c3ccnc(N4CCn5c(cc6c5CC(C)(C)C6)C4=O)c3C)cn(C)c2=O)ccc1N1CCN(C2CCOCC2)C[C@@H]1C. The Hall–Kier alpha value is -5.27. The van der Waals surface area contributed by atoms with Crippen molar-refractivity contribution in [2.75, 3.05) is 54.5 Å². The minimum Gasteiger partial charge on any atom is -0.435 e. The second-order valence-electron chi connectivity index (χ2n) is 16.1. The van der Waals surface area contributed by atoms with Gasteiger partial charge in [-0.15, -0.1) is 0 Å². The quantitative estimate of drug-likeness (QED) is 0.238. The topological polar surface area (TPSA) is 127 Å².